The molecule has 3 rings (SSSR count). The van der Waals surface area contributed by atoms with Crippen molar-refractivity contribution in [3.05, 3.63) is 86.5 Å². The first kappa shape index (κ1) is 73.8. The summed E-state index contributed by atoms with van der Waals surface area (Å²) < 4.78 is 1.62. The van der Waals surface area contributed by atoms with Gasteiger partial charge in [0.2, 0.25) is 11.4 Å². The van der Waals surface area contributed by atoms with Crippen LogP contribution in [0.25, 0.3) is 16.9 Å². The van der Waals surface area contributed by atoms with Crippen molar-refractivity contribution in [2.45, 2.75) is 363 Å². The van der Waals surface area contributed by atoms with E-state index in [0.29, 0.717) is 0 Å². The van der Waals surface area contributed by atoms with Gasteiger partial charge in [0.25, 0.3) is 0 Å². The molecule has 1 aliphatic heterocycles. The van der Waals surface area contributed by atoms with Gasteiger partial charge in [0.15, 0.2) is 0 Å². The first-order valence-corrected chi connectivity index (χ1v) is 35.2. The fraction of sp³-hybridized carbons (Fsp3) is 0.718. The summed E-state index contributed by atoms with van der Waals surface area (Å²) >= 11 is 0. The number of rotatable bonds is 49. The van der Waals surface area contributed by atoms with Crippen LogP contribution in [0.15, 0.2) is 47.5 Å². The molecule has 0 atom stereocenters. The minimum Gasteiger partial charge on any atom is -0.493 e. The third-order valence-corrected chi connectivity index (χ3v) is 17.0. The Morgan fingerprint density at radius 1 is 0.309 bits per heavy atom. The Balaban J connectivity index is 0.0000224. The number of aryl methyl sites for hydroxylation is 4. The molecule has 0 saturated carbocycles. The van der Waals surface area contributed by atoms with Gasteiger partial charge in [-0.2, -0.15) is 0 Å². The summed E-state index contributed by atoms with van der Waals surface area (Å²) in [6.45, 7) is 13.7. The second-order valence-corrected chi connectivity index (χ2v) is 24.4. The fourth-order valence-corrected chi connectivity index (χ4v) is 11.8. The molecule has 1 heterocycles. The average molecular weight is 1150 g/mol. The Hall–Kier alpha value is -3.31. The first-order valence-electron chi connectivity index (χ1n) is 35.2. The Morgan fingerprint density at radius 3 is 1.01 bits per heavy atom. The summed E-state index contributed by atoms with van der Waals surface area (Å²) in [7, 11) is 0. The third-order valence-electron chi connectivity index (χ3n) is 17.0. The summed E-state index contributed by atoms with van der Waals surface area (Å²) in [5, 5.41) is 0. The summed E-state index contributed by atoms with van der Waals surface area (Å²) in [5.41, 5.74) is 24.8. The van der Waals surface area contributed by atoms with Crippen molar-refractivity contribution in [1.82, 2.24) is 0 Å². The minimum absolute atomic E-state index is 0. The summed E-state index contributed by atoms with van der Waals surface area (Å²) in [6, 6.07) is 14.3. The second-order valence-electron chi connectivity index (χ2n) is 24.4. The van der Waals surface area contributed by atoms with Gasteiger partial charge in [-0.25, -0.2) is 4.70 Å². The zero-order chi connectivity index (χ0) is 57.2. The van der Waals surface area contributed by atoms with Gasteiger partial charge >= 0.3 is 0 Å². The predicted octanol–water partition coefficient (Wildman–Crippen LogP) is 25.1. The van der Waals surface area contributed by atoms with Crippen molar-refractivity contribution < 1.29 is 21.2 Å². The maximum atomic E-state index is 13.1. The second kappa shape index (κ2) is 52.3. The van der Waals surface area contributed by atoms with E-state index < -0.39 is 0 Å². The molecule has 0 unspecified atom stereocenters. The van der Waals surface area contributed by atoms with E-state index in [4.69, 9.17) is 0 Å². The van der Waals surface area contributed by atoms with Crippen LogP contribution in [0.3, 0.4) is 0 Å². The third kappa shape index (κ3) is 33.7. The van der Waals surface area contributed by atoms with Crippen LogP contribution in [0.4, 0.5) is 0 Å². The Kier molecular flexibility index (Phi) is 47.6. The molecule has 0 aliphatic carbocycles. The van der Waals surface area contributed by atoms with Crippen LogP contribution in [0, 0.1) is 35.5 Å². The van der Waals surface area contributed by atoms with Crippen LogP contribution in [-0.2, 0) is 42.2 Å². The molecule has 1 aliphatic rings. The molecule has 0 N–H and O–H groups in total. The van der Waals surface area contributed by atoms with Crippen LogP contribution in [0.2, 0.25) is 0 Å². The Bertz CT molecular complexity index is 2170. The minimum atomic E-state index is 0. The van der Waals surface area contributed by atoms with Crippen molar-refractivity contribution >= 4 is 11.4 Å². The van der Waals surface area contributed by atoms with Crippen molar-refractivity contribution in [3.63, 3.8) is 0 Å². The van der Waals surface area contributed by atoms with E-state index in [2.05, 4.69) is 113 Å². The van der Waals surface area contributed by atoms with E-state index in [9.17, 15) is 5.53 Å². The number of unbranched alkanes of at least 4 members (excludes halogenated alkanes) is 37. The molecular weight excluding hydrogens is 1020 g/mol. The molecule has 2 nitrogen and oxygen atoms in total. The van der Waals surface area contributed by atoms with Gasteiger partial charge in [-0.05, 0) is 105 Å². The largest absolute Gasteiger partial charge is 0.493 e. The maximum absolute atomic E-state index is 13.1. The smallest absolute Gasteiger partial charge is 0.223 e. The number of nitrogens with zero attached hydrogens (tertiary/aromatic N) is 2. The number of hydrogen-bond donors (Lipinski definition) is 0. The molecule has 0 aromatic heterocycles. The van der Waals surface area contributed by atoms with Gasteiger partial charge in [0, 0.05) is 59.7 Å². The standard InChI is InChI=1S/C78H124N2.Ni/c1-7-13-19-23-25-27-29-31-33-35-37-39-41-43-45-47-49-51-53-59-71-65-63-69(57-17-11-5)67-75(71)77-73(61-55-21-15-9-3)74(62-56-22-16-10-4)78(80(77)79)76-68-70(58-18-12-6)64-66-72(76)60-54-52-50-48-46-44-42-40-38-36-34-32-30-28-26-24-20-14-8-2;/h63-68H,7-48,53-55,57-61H2,1-6H3;. The molecule has 0 bridgehead atoms. The van der Waals surface area contributed by atoms with Gasteiger partial charge in [0.1, 0.15) is 5.57 Å². The van der Waals surface area contributed by atoms with Crippen LogP contribution in [0.5, 0.6) is 0 Å². The summed E-state index contributed by atoms with van der Waals surface area (Å²) in [5.74, 6) is 21.8. The van der Waals surface area contributed by atoms with Gasteiger partial charge < -0.3 is 5.53 Å². The molecular formula is C78H124N2Ni. The predicted molar refractivity (Wildman–Crippen MR) is 355 cm³/mol. The van der Waals surface area contributed by atoms with E-state index in [-0.39, 0.29) is 16.5 Å². The average Bonchev–Trinajstić information content (AvgIpc) is 3.80. The number of allylic oxidation sites excluding steroid dienone is 2. The van der Waals surface area contributed by atoms with Crippen LogP contribution < -0.4 is 0 Å². The van der Waals surface area contributed by atoms with E-state index in [1.165, 1.54) is 245 Å². The monoisotopic (exact) mass is 1150 g/mol. The van der Waals surface area contributed by atoms with E-state index in [0.717, 1.165) is 132 Å². The van der Waals surface area contributed by atoms with Crippen LogP contribution in [-0.4, -0.2) is 4.70 Å². The zero-order valence-corrected chi connectivity index (χ0v) is 55.0. The quantitative estimate of drug-likeness (QED) is 0.0273. The molecule has 0 spiro atoms. The summed E-state index contributed by atoms with van der Waals surface area (Å²) in [4.78, 5) is 0. The molecule has 81 heavy (non-hydrogen) atoms. The maximum Gasteiger partial charge on any atom is 0.223 e. The van der Waals surface area contributed by atoms with Gasteiger partial charge in [-0.1, -0.05) is 296 Å². The molecule has 0 fully saturated rings. The molecule has 2 aromatic rings. The molecule has 456 valence electrons. The topological polar surface area (TPSA) is 25.3 Å². The van der Waals surface area contributed by atoms with Gasteiger partial charge in [0.05, 0.1) is 5.56 Å². The first-order chi connectivity index (χ1) is 39.5. The molecule has 0 amide bonds. The van der Waals surface area contributed by atoms with Crippen molar-refractivity contribution in [3.8, 4) is 35.5 Å². The van der Waals surface area contributed by atoms with Crippen LogP contribution >= 0.6 is 0 Å². The fourth-order valence-electron chi connectivity index (χ4n) is 11.8. The zero-order valence-electron chi connectivity index (χ0n) is 54.0. The number of hydrogen-bond acceptors (Lipinski definition) is 0. The Morgan fingerprint density at radius 2 is 0.630 bits per heavy atom. The Labute approximate surface area is 514 Å². The van der Waals surface area contributed by atoms with Crippen molar-refractivity contribution in [2.75, 3.05) is 0 Å². The normalized spacial score (nSPS) is 12.1. The number of benzene rings is 2. The van der Waals surface area contributed by atoms with Crippen LogP contribution in [0.1, 0.15) is 370 Å². The van der Waals surface area contributed by atoms with E-state index in [1.54, 1.807) is 4.70 Å². The van der Waals surface area contributed by atoms with E-state index in [1.807, 2.05) is 0 Å². The molecule has 0 saturated heterocycles. The molecule has 2 aromatic carbocycles. The van der Waals surface area contributed by atoms with Crippen molar-refractivity contribution in [1.29, 1.82) is 0 Å². The molecule has 3 heteroatoms. The summed E-state index contributed by atoms with van der Waals surface area (Å²) in [6.07, 6.45) is 62.4. The van der Waals surface area contributed by atoms with Gasteiger partial charge in [-0.3, -0.25) is 0 Å². The van der Waals surface area contributed by atoms with E-state index >= 15 is 0 Å². The van der Waals surface area contributed by atoms with Gasteiger partial charge in [-0.15, -0.1) is 23.7 Å². The molecule has 0 radical (unpaired) electrons. The SMILES string of the molecule is CCCCC#CC1=C(c2cc(CCCC)ccc2CCC#CCCCCCCCCCCCCCCCCC)[N+](=[N-])C(c2cc(CCCC)ccc2CCC#CCCCCCCCCCCCCCCCCC)=C1CCCCCC.[Ni]. The van der Waals surface area contributed by atoms with Crippen molar-refractivity contribution in [2.24, 2.45) is 0 Å².